The van der Waals surface area contributed by atoms with Crippen LogP contribution in [0.3, 0.4) is 0 Å². The van der Waals surface area contributed by atoms with Crippen molar-refractivity contribution in [2.75, 3.05) is 19.8 Å². The lowest BCUT2D eigenvalue weighted by atomic mass is 9.82. The first-order valence-electron chi connectivity index (χ1n) is 20.5. The highest BCUT2D eigenvalue weighted by Crippen LogP contribution is 2.33. The Kier molecular flexibility index (Phi) is 17.0. The van der Waals surface area contributed by atoms with Crippen molar-refractivity contribution in [1.29, 1.82) is 0 Å². The molecule has 1 aliphatic rings. The van der Waals surface area contributed by atoms with Crippen molar-refractivity contribution < 1.29 is 33.5 Å². The molecular weight excluding hydrogens is 733 g/mol. The highest BCUT2D eigenvalue weighted by atomic mass is 16.6. The minimum Gasteiger partial charge on any atom is -0.389 e. The van der Waals surface area contributed by atoms with Crippen molar-refractivity contribution in [3.63, 3.8) is 0 Å². The van der Waals surface area contributed by atoms with Gasteiger partial charge in [0.15, 0.2) is 0 Å². The fourth-order valence-electron chi connectivity index (χ4n) is 6.97. The normalized spacial score (nSPS) is 21.0. The maximum Gasteiger partial charge on any atom is 0.115 e. The van der Waals surface area contributed by atoms with E-state index in [1.165, 1.54) is 0 Å². The molecule has 11 heteroatoms. The molecule has 2 N–H and O–H groups in total. The van der Waals surface area contributed by atoms with Crippen LogP contribution in [0.4, 0.5) is 0 Å². The van der Waals surface area contributed by atoms with E-state index in [1.807, 2.05) is 132 Å². The topological polar surface area (TPSA) is 118 Å². The molecule has 0 unspecified atom stereocenters. The van der Waals surface area contributed by atoms with Crippen molar-refractivity contribution in [2.45, 2.75) is 115 Å². The molecule has 0 spiro atoms. The summed E-state index contributed by atoms with van der Waals surface area (Å²) in [7, 11) is 0. The van der Waals surface area contributed by atoms with Gasteiger partial charge in [-0.2, -0.15) is 0 Å². The molecule has 310 valence electrons. The van der Waals surface area contributed by atoms with Gasteiger partial charge < -0.3 is 38.8 Å². The van der Waals surface area contributed by atoms with Crippen LogP contribution in [0.25, 0.3) is 0 Å². The van der Waals surface area contributed by atoms with Gasteiger partial charge in [-0.1, -0.05) is 127 Å². The Hall–Kier alpha value is -4.30. The summed E-state index contributed by atoms with van der Waals surface area (Å²) in [5.74, 6) is 0. The van der Waals surface area contributed by atoms with Crippen molar-refractivity contribution in [2.24, 2.45) is 0 Å². The molecule has 58 heavy (non-hydrogen) atoms. The lowest BCUT2D eigenvalue weighted by Crippen LogP contribution is -2.69. The number of nitrogens with one attached hydrogen (secondary N) is 1. The molecule has 0 radical (unpaired) electrons. The van der Waals surface area contributed by atoms with E-state index in [1.54, 1.807) is 0 Å². The Morgan fingerprint density at radius 2 is 1.03 bits per heavy atom. The number of benzene rings is 4. The van der Waals surface area contributed by atoms with Crippen LogP contribution in [-0.4, -0.2) is 82.1 Å². The smallest absolute Gasteiger partial charge is 0.115 e. The Labute approximate surface area is 343 Å². The summed E-state index contributed by atoms with van der Waals surface area (Å²) in [6.07, 6.45) is -0.179. The predicted molar refractivity (Wildman–Crippen MR) is 222 cm³/mol. The third kappa shape index (κ3) is 13.9. The van der Waals surface area contributed by atoms with Gasteiger partial charge in [0.1, 0.15) is 30.5 Å². The minimum absolute atomic E-state index is 0.139. The third-order valence-electron chi connectivity index (χ3n) is 9.92. The molecule has 5 aromatic rings. The number of aliphatic hydroxyl groups excluding tert-OH is 1. The number of aryl methyl sites for hydroxylation is 1. The van der Waals surface area contributed by atoms with Crippen LogP contribution in [0.5, 0.6) is 0 Å². The number of aliphatic hydroxyl groups is 1. The number of aromatic nitrogens is 3. The maximum absolute atomic E-state index is 12.4. The number of hydrogen-bond donors (Lipinski definition) is 2. The quantitative estimate of drug-likeness (QED) is 0.0666. The van der Waals surface area contributed by atoms with Crippen LogP contribution >= 0.6 is 0 Å². The van der Waals surface area contributed by atoms with Crippen molar-refractivity contribution in [3.8, 4) is 0 Å². The van der Waals surface area contributed by atoms with E-state index in [2.05, 4.69) is 36.4 Å². The molecule has 0 bridgehead atoms. The Morgan fingerprint density at radius 1 is 0.586 bits per heavy atom. The average molecular weight is 793 g/mol. The summed E-state index contributed by atoms with van der Waals surface area (Å²) < 4.78 is 40.5. The summed E-state index contributed by atoms with van der Waals surface area (Å²) in [5.41, 5.74) is 4.61. The molecule has 1 heterocycles. The fourth-order valence-corrected chi connectivity index (χ4v) is 6.97. The Balaban J connectivity index is 1.20. The Morgan fingerprint density at radius 3 is 1.53 bits per heavy atom. The van der Waals surface area contributed by atoms with E-state index in [9.17, 15) is 5.11 Å². The van der Waals surface area contributed by atoms with Crippen LogP contribution in [0.2, 0.25) is 0 Å². The highest BCUT2D eigenvalue weighted by Gasteiger charge is 2.53. The van der Waals surface area contributed by atoms with Gasteiger partial charge in [-0.05, 0) is 55.9 Å². The molecule has 0 saturated heterocycles. The van der Waals surface area contributed by atoms with E-state index in [0.29, 0.717) is 52.7 Å². The number of hydrogen-bond acceptors (Lipinski definition) is 10. The Bertz CT molecular complexity index is 1840. The summed E-state index contributed by atoms with van der Waals surface area (Å²) >= 11 is 0. The first-order chi connectivity index (χ1) is 28.3. The highest BCUT2D eigenvalue weighted by molar-refractivity contribution is 5.18. The molecule has 1 aromatic heterocycles. The summed E-state index contributed by atoms with van der Waals surface area (Å²) in [6.45, 7) is 10.4. The van der Waals surface area contributed by atoms with Gasteiger partial charge in [0, 0.05) is 39.1 Å². The molecule has 0 amide bonds. The second-order valence-electron chi connectivity index (χ2n) is 15.7. The van der Waals surface area contributed by atoms with Gasteiger partial charge in [-0.3, -0.25) is 4.68 Å². The molecule has 6 rings (SSSR count). The largest absolute Gasteiger partial charge is 0.389 e. The van der Waals surface area contributed by atoms with Crippen molar-refractivity contribution in [1.82, 2.24) is 20.3 Å². The molecule has 4 aromatic carbocycles. The number of ether oxygens (including phenoxy) is 6. The molecule has 6 atom stereocenters. The first kappa shape index (κ1) is 43.3. The van der Waals surface area contributed by atoms with E-state index in [4.69, 9.17) is 28.4 Å². The molecule has 11 nitrogen and oxygen atoms in total. The van der Waals surface area contributed by atoms with E-state index in [-0.39, 0.29) is 12.2 Å². The van der Waals surface area contributed by atoms with Gasteiger partial charge in [-0.25, -0.2) is 0 Å². The molecular formula is C47H60N4O7. The maximum atomic E-state index is 12.4. The van der Waals surface area contributed by atoms with Gasteiger partial charge in [-0.15, -0.1) is 5.10 Å². The van der Waals surface area contributed by atoms with Crippen molar-refractivity contribution in [3.05, 3.63) is 155 Å². The standard InChI is InChI=1S/C47H60N4O7/c1-47(2,3)58-29-17-28-53-27-16-26-51-31-40(49-50-51)30-48-41-42(52)44(55-33-37-20-10-5-11-21-37)46(57-35-39-24-14-7-15-25-39)45(56-34-38-22-12-6-13-23-38)43(41)54-32-36-18-8-4-9-19-36/h4-15,18-25,31,41-46,48,52H,16-17,26-30,32-35H2,1-3H3/t41-,42-,43+,44+,45-,46-/m1/s1. The SMILES string of the molecule is CC(C)(C)OCCCOCCCn1cc(CN[C@@H]2[C@@H](O)[C@H](OCc3ccccc3)[C@@H](OCc3ccccc3)[C@H](OCc3ccccc3)[C@H]2OCc2ccccc2)nn1. The molecule has 1 saturated carbocycles. The molecule has 1 fully saturated rings. The second kappa shape index (κ2) is 22.7. The van der Waals surface area contributed by atoms with Crippen molar-refractivity contribution >= 4 is 0 Å². The molecule has 0 aliphatic heterocycles. The van der Waals surface area contributed by atoms with Crippen LogP contribution < -0.4 is 5.32 Å². The zero-order valence-corrected chi connectivity index (χ0v) is 34.1. The van der Waals surface area contributed by atoms with Gasteiger partial charge in [0.05, 0.1) is 43.8 Å². The summed E-state index contributed by atoms with van der Waals surface area (Å²) in [5, 5.41) is 24.9. The van der Waals surface area contributed by atoms with Crippen LogP contribution in [0, 0.1) is 0 Å². The first-order valence-corrected chi connectivity index (χ1v) is 20.5. The monoisotopic (exact) mass is 792 g/mol. The lowest BCUT2D eigenvalue weighted by Gasteiger charge is -2.49. The average Bonchev–Trinajstić information content (AvgIpc) is 3.70. The van der Waals surface area contributed by atoms with Crippen LogP contribution in [0.15, 0.2) is 128 Å². The zero-order chi connectivity index (χ0) is 40.4. The number of nitrogens with zero attached hydrogens (tertiary/aromatic N) is 3. The summed E-state index contributed by atoms with van der Waals surface area (Å²) in [4.78, 5) is 0. The fraction of sp³-hybridized carbons (Fsp3) is 0.447. The van der Waals surface area contributed by atoms with Gasteiger partial charge >= 0.3 is 0 Å². The van der Waals surface area contributed by atoms with Crippen LogP contribution in [-0.2, 0) is 67.9 Å². The van der Waals surface area contributed by atoms with E-state index < -0.39 is 36.6 Å². The lowest BCUT2D eigenvalue weighted by molar-refractivity contribution is -0.251. The van der Waals surface area contributed by atoms with Gasteiger partial charge in [0.2, 0.25) is 0 Å². The zero-order valence-electron chi connectivity index (χ0n) is 34.1. The third-order valence-corrected chi connectivity index (χ3v) is 9.92. The van der Waals surface area contributed by atoms with E-state index in [0.717, 1.165) is 40.8 Å². The molecule has 1 aliphatic carbocycles. The minimum atomic E-state index is -1.04. The second-order valence-corrected chi connectivity index (χ2v) is 15.7. The van der Waals surface area contributed by atoms with E-state index >= 15 is 0 Å². The number of rotatable bonds is 23. The predicted octanol–water partition coefficient (Wildman–Crippen LogP) is 7.06. The van der Waals surface area contributed by atoms with Gasteiger partial charge in [0.25, 0.3) is 0 Å². The van der Waals surface area contributed by atoms with Crippen LogP contribution in [0.1, 0.15) is 61.6 Å². The summed E-state index contributed by atoms with van der Waals surface area (Å²) in [6, 6.07) is 39.4.